The number of hydrogen-bond donors (Lipinski definition) is 0. The number of hydrogen-bond acceptors (Lipinski definition) is 3. The zero-order valence-electron chi connectivity index (χ0n) is 20.7. The van der Waals surface area contributed by atoms with E-state index in [0.29, 0.717) is 12.8 Å². The minimum atomic E-state index is -2.80. The number of piperidine rings is 1. The van der Waals surface area contributed by atoms with Crippen LogP contribution in [0.25, 0.3) is 0 Å². The molecule has 3 nitrogen and oxygen atoms in total. The number of likely N-dealkylation sites (tertiary alicyclic amines) is 1. The maximum atomic E-state index is 14.8. The predicted octanol–water partition coefficient (Wildman–Crippen LogP) is 6.25. The minimum absolute atomic E-state index is 0.165. The zero-order valence-corrected chi connectivity index (χ0v) is 21.5. The summed E-state index contributed by atoms with van der Waals surface area (Å²) in [6.07, 6.45) is 2.75. The van der Waals surface area contributed by atoms with Crippen molar-refractivity contribution >= 4 is 17.8 Å². The van der Waals surface area contributed by atoms with Crippen molar-refractivity contribution in [2.75, 3.05) is 12.7 Å². The van der Waals surface area contributed by atoms with E-state index in [0.717, 1.165) is 36.5 Å². The monoisotopic (exact) mass is 495 g/mol. The molecule has 4 heteroatoms. The molecule has 0 bridgehead atoms. The molecule has 1 aliphatic heterocycles. The molecule has 0 saturated carbocycles. The molecule has 1 heterocycles. The summed E-state index contributed by atoms with van der Waals surface area (Å²) in [6.45, 7) is 2.30. The van der Waals surface area contributed by atoms with E-state index in [1.54, 1.807) is 0 Å². The van der Waals surface area contributed by atoms with E-state index in [-0.39, 0.29) is 12.1 Å². The summed E-state index contributed by atoms with van der Waals surface area (Å²) < 4.78 is 21.2. The summed E-state index contributed by atoms with van der Waals surface area (Å²) in [5.41, 5.74) is 2.48. The number of ether oxygens (including phenoxy) is 1. The molecule has 0 spiro atoms. The van der Waals surface area contributed by atoms with Crippen molar-refractivity contribution in [3.05, 3.63) is 132 Å². The van der Waals surface area contributed by atoms with Gasteiger partial charge in [0.05, 0.1) is 12.7 Å². The quantitative estimate of drug-likeness (QED) is 0.257. The molecule has 1 fully saturated rings. The molecule has 2 atom stereocenters. The van der Waals surface area contributed by atoms with Gasteiger partial charge in [-0.1, -0.05) is 121 Å². The first kappa shape index (κ1) is 24.7. The van der Waals surface area contributed by atoms with Crippen LogP contribution in [0.4, 0.5) is 0 Å². The van der Waals surface area contributed by atoms with Gasteiger partial charge in [-0.05, 0) is 24.0 Å². The van der Waals surface area contributed by atoms with Gasteiger partial charge in [0.2, 0.25) is 0 Å². The van der Waals surface area contributed by atoms with Crippen molar-refractivity contribution in [3.8, 4) is 0 Å². The smallest absolute Gasteiger partial charge is 0.144 e. The maximum Gasteiger partial charge on any atom is 0.144 e. The molecule has 0 radical (unpaired) electrons. The second kappa shape index (κ2) is 11.8. The number of rotatable bonds is 9. The Hall–Kier alpha value is -2.97. The van der Waals surface area contributed by atoms with E-state index in [2.05, 4.69) is 59.5 Å². The number of benzene rings is 4. The minimum Gasteiger partial charge on any atom is -0.372 e. The first-order valence-electron chi connectivity index (χ1n) is 12.8. The van der Waals surface area contributed by atoms with Gasteiger partial charge in [0, 0.05) is 35.9 Å². The SMILES string of the molecule is O=P(C[C@@H]1CC[C@@H](OCc2ccccc2)CN1Cc1ccccc1)(c1ccccc1)c1ccccc1. The highest BCUT2D eigenvalue weighted by Crippen LogP contribution is 2.46. The lowest BCUT2D eigenvalue weighted by molar-refractivity contribution is -0.0275. The standard InChI is InChI=1S/C32H34NO2P/c34-36(31-17-9-3-10-18-31,32-19-11-4-12-20-32)26-29-21-22-30(35-25-28-15-7-2-8-16-28)24-33(29)23-27-13-5-1-6-14-27/h1-20,29-30H,21-26H2/t29-,30+/m0/s1. The van der Waals surface area contributed by atoms with Gasteiger partial charge < -0.3 is 9.30 Å². The molecule has 0 amide bonds. The fourth-order valence-electron chi connectivity index (χ4n) is 5.20. The van der Waals surface area contributed by atoms with Crippen LogP contribution in [0, 0.1) is 0 Å². The largest absolute Gasteiger partial charge is 0.372 e. The third kappa shape index (κ3) is 6.05. The maximum absolute atomic E-state index is 14.8. The van der Waals surface area contributed by atoms with Crippen LogP contribution < -0.4 is 10.6 Å². The van der Waals surface area contributed by atoms with Gasteiger partial charge in [-0.3, -0.25) is 4.90 Å². The van der Waals surface area contributed by atoms with Gasteiger partial charge in [-0.15, -0.1) is 0 Å². The van der Waals surface area contributed by atoms with E-state index < -0.39 is 7.14 Å². The Morgan fingerprint density at radius 2 is 1.17 bits per heavy atom. The highest BCUT2D eigenvalue weighted by atomic mass is 31.2. The topological polar surface area (TPSA) is 29.5 Å². The summed E-state index contributed by atoms with van der Waals surface area (Å²) in [5, 5.41) is 1.89. The predicted molar refractivity (Wildman–Crippen MR) is 150 cm³/mol. The van der Waals surface area contributed by atoms with Gasteiger partial charge in [0.25, 0.3) is 0 Å². The van der Waals surface area contributed by atoms with Gasteiger partial charge in [0.15, 0.2) is 0 Å². The third-order valence-corrected chi connectivity index (χ3v) is 10.3. The first-order chi connectivity index (χ1) is 17.7. The zero-order chi connectivity index (χ0) is 24.6. The van der Waals surface area contributed by atoms with E-state index in [1.807, 2.05) is 66.7 Å². The highest BCUT2D eigenvalue weighted by molar-refractivity contribution is 7.78. The van der Waals surface area contributed by atoms with Crippen molar-refractivity contribution in [2.45, 2.75) is 38.1 Å². The van der Waals surface area contributed by atoms with Crippen molar-refractivity contribution < 1.29 is 9.30 Å². The Morgan fingerprint density at radius 3 is 1.72 bits per heavy atom. The second-order valence-electron chi connectivity index (χ2n) is 9.66. The fourth-order valence-corrected chi connectivity index (χ4v) is 8.23. The lowest BCUT2D eigenvalue weighted by Gasteiger charge is -2.41. The Morgan fingerprint density at radius 1 is 0.667 bits per heavy atom. The third-order valence-electron chi connectivity index (χ3n) is 7.15. The molecular weight excluding hydrogens is 461 g/mol. The Balaban J connectivity index is 1.39. The van der Waals surface area contributed by atoms with Crippen LogP contribution in [0.1, 0.15) is 24.0 Å². The van der Waals surface area contributed by atoms with Crippen LogP contribution in [-0.4, -0.2) is 29.8 Å². The second-order valence-corrected chi connectivity index (χ2v) is 12.5. The van der Waals surface area contributed by atoms with E-state index in [1.165, 1.54) is 11.1 Å². The molecule has 1 saturated heterocycles. The Kier molecular flexibility index (Phi) is 8.13. The van der Waals surface area contributed by atoms with Gasteiger partial charge in [-0.2, -0.15) is 0 Å². The molecular formula is C32H34NO2P. The molecule has 1 aliphatic rings. The van der Waals surface area contributed by atoms with Crippen LogP contribution in [0.5, 0.6) is 0 Å². The lowest BCUT2D eigenvalue weighted by Crippen LogP contribution is -2.48. The molecule has 184 valence electrons. The molecule has 36 heavy (non-hydrogen) atoms. The fraction of sp³-hybridized carbons (Fsp3) is 0.250. The van der Waals surface area contributed by atoms with Crippen LogP contribution in [0.15, 0.2) is 121 Å². The van der Waals surface area contributed by atoms with Crippen LogP contribution in [0.3, 0.4) is 0 Å². The van der Waals surface area contributed by atoms with E-state index in [4.69, 9.17) is 4.74 Å². The lowest BCUT2D eigenvalue weighted by atomic mass is 10.00. The number of nitrogens with zero attached hydrogens (tertiary/aromatic N) is 1. The van der Waals surface area contributed by atoms with Gasteiger partial charge >= 0.3 is 0 Å². The van der Waals surface area contributed by atoms with Gasteiger partial charge in [0.1, 0.15) is 7.14 Å². The van der Waals surface area contributed by atoms with Crippen molar-refractivity contribution in [3.63, 3.8) is 0 Å². The molecule has 0 unspecified atom stereocenters. The summed E-state index contributed by atoms with van der Waals surface area (Å²) in [7, 11) is -2.80. The Labute approximate surface area is 215 Å². The average Bonchev–Trinajstić information content (AvgIpc) is 2.95. The highest BCUT2D eigenvalue weighted by Gasteiger charge is 2.36. The summed E-state index contributed by atoms with van der Waals surface area (Å²) in [6, 6.07) is 41.3. The normalized spacial score (nSPS) is 18.7. The summed E-state index contributed by atoms with van der Waals surface area (Å²) >= 11 is 0. The van der Waals surface area contributed by atoms with Crippen LogP contribution >= 0.6 is 7.14 Å². The van der Waals surface area contributed by atoms with Crippen molar-refractivity contribution in [2.24, 2.45) is 0 Å². The van der Waals surface area contributed by atoms with E-state index >= 15 is 0 Å². The first-order valence-corrected chi connectivity index (χ1v) is 14.7. The average molecular weight is 496 g/mol. The molecule has 4 aromatic rings. The molecule has 4 aromatic carbocycles. The van der Waals surface area contributed by atoms with Crippen LogP contribution in [-0.2, 0) is 22.5 Å². The van der Waals surface area contributed by atoms with Crippen molar-refractivity contribution in [1.82, 2.24) is 4.90 Å². The molecule has 0 aromatic heterocycles. The van der Waals surface area contributed by atoms with Crippen molar-refractivity contribution in [1.29, 1.82) is 0 Å². The summed E-state index contributed by atoms with van der Waals surface area (Å²) in [5.74, 6) is 0. The van der Waals surface area contributed by atoms with E-state index in [9.17, 15) is 4.57 Å². The summed E-state index contributed by atoms with van der Waals surface area (Å²) in [4.78, 5) is 2.51. The van der Waals surface area contributed by atoms with Gasteiger partial charge in [-0.25, -0.2) is 0 Å². The molecule has 0 N–H and O–H groups in total. The molecule has 0 aliphatic carbocycles. The van der Waals surface area contributed by atoms with Crippen LogP contribution in [0.2, 0.25) is 0 Å². The molecule has 5 rings (SSSR count). The Bertz CT molecular complexity index is 1210.